The Bertz CT molecular complexity index is 511. The average molecular weight is 278 g/mol. The monoisotopic (exact) mass is 278 g/mol. The fourth-order valence-electron chi connectivity index (χ4n) is 1.73. The predicted molar refractivity (Wildman–Crippen MR) is 72.8 cm³/mol. The number of rotatable bonds is 6. The third-order valence-electron chi connectivity index (χ3n) is 3.07. The molecular formula is C14H18N2O4. The smallest absolute Gasteiger partial charge is 0.326 e. The van der Waals surface area contributed by atoms with Crippen LogP contribution >= 0.6 is 0 Å². The van der Waals surface area contributed by atoms with E-state index in [9.17, 15) is 14.4 Å². The minimum Gasteiger partial charge on any atom is -0.480 e. The van der Waals surface area contributed by atoms with Gasteiger partial charge in [-0.25, -0.2) is 4.79 Å². The molecule has 108 valence electrons. The number of hydrogen-bond acceptors (Lipinski definition) is 3. The van der Waals surface area contributed by atoms with E-state index in [1.54, 1.807) is 38.1 Å². The van der Waals surface area contributed by atoms with E-state index >= 15 is 0 Å². The zero-order valence-electron chi connectivity index (χ0n) is 11.4. The molecule has 6 heteroatoms. The lowest BCUT2D eigenvalue weighted by Gasteiger charge is -2.26. The summed E-state index contributed by atoms with van der Waals surface area (Å²) in [6.45, 7) is 3.36. The van der Waals surface area contributed by atoms with Crippen LogP contribution in [-0.2, 0) is 19.8 Å². The van der Waals surface area contributed by atoms with Crippen LogP contribution in [0.2, 0.25) is 0 Å². The summed E-state index contributed by atoms with van der Waals surface area (Å²) in [5.41, 5.74) is 4.81. The largest absolute Gasteiger partial charge is 0.480 e. The van der Waals surface area contributed by atoms with E-state index < -0.39 is 35.7 Å². The fraction of sp³-hybridized carbons (Fsp3) is 0.357. The molecule has 1 atom stereocenters. The molecule has 0 aromatic heterocycles. The first-order valence-electron chi connectivity index (χ1n) is 6.12. The summed E-state index contributed by atoms with van der Waals surface area (Å²) in [4.78, 5) is 34.1. The van der Waals surface area contributed by atoms with E-state index in [1.165, 1.54) is 0 Å². The number of benzene rings is 1. The summed E-state index contributed by atoms with van der Waals surface area (Å²) in [6.07, 6.45) is -0.439. The Labute approximate surface area is 117 Å². The maximum Gasteiger partial charge on any atom is 0.326 e. The quantitative estimate of drug-likeness (QED) is 0.700. The van der Waals surface area contributed by atoms with Gasteiger partial charge in [-0.05, 0) is 19.4 Å². The first-order valence-corrected chi connectivity index (χ1v) is 6.12. The van der Waals surface area contributed by atoms with Crippen LogP contribution in [0.5, 0.6) is 0 Å². The normalized spacial score (nSPS) is 12.5. The van der Waals surface area contributed by atoms with Gasteiger partial charge in [-0.1, -0.05) is 30.3 Å². The van der Waals surface area contributed by atoms with Gasteiger partial charge in [0.05, 0.1) is 11.8 Å². The summed E-state index contributed by atoms with van der Waals surface area (Å²) < 4.78 is 0. The van der Waals surface area contributed by atoms with Crippen LogP contribution in [0.3, 0.4) is 0 Å². The molecule has 4 N–H and O–H groups in total. The molecule has 0 heterocycles. The molecule has 0 saturated carbocycles. The lowest BCUT2D eigenvalue weighted by molar-refractivity contribution is -0.144. The zero-order chi connectivity index (χ0) is 15.3. The minimum absolute atomic E-state index is 0.439. The highest BCUT2D eigenvalue weighted by atomic mass is 16.4. The number of hydrogen-bond donors (Lipinski definition) is 3. The van der Waals surface area contributed by atoms with Gasteiger partial charge in [0.25, 0.3) is 0 Å². The second-order valence-corrected chi connectivity index (χ2v) is 5.03. The zero-order valence-corrected chi connectivity index (χ0v) is 11.4. The summed E-state index contributed by atoms with van der Waals surface area (Å²) in [6, 6.07) is 7.66. The number of aliphatic carboxylic acids is 1. The van der Waals surface area contributed by atoms with Crippen molar-refractivity contribution in [3.05, 3.63) is 35.9 Å². The number of carboxylic acid groups (broad SMARTS) is 1. The highest BCUT2D eigenvalue weighted by molar-refractivity contribution is 5.92. The number of carbonyl (C=O) groups excluding carboxylic acids is 2. The van der Waals surface area contributed by atoms with Gasteiger partial charge in [-0.3, -0.25) is 9.59 Å². The topological polar surface area (TPSA) is 109 Å². The third kappa shape index (κ3) is 3.81. The van der Waals surface area contributed by atoms with E-state index in [1.807, 2.05) is 6.07 Å². The van der Waals surface area contributed by atoms with Crippen molar-refractivity contribution >= 4 is 17.8 Å². The second-order valence-electron chi connectivity index (χ2n) is 5.03. The van der Waals surface area contributed by atoms with Gasteiger partial charge in [-0.15, -0.1) is 0 Å². The van der Waals surface area contributed by atoms with E-state index in [0.29, 0.717) is 0 Å². The lowest BCUT2D eigenvalue weighted by atomic mass is 9.83. The van der Waals surface area contributed by atoms with Crippen molar-refractivity contribution < 1.29 is 19.5 Å². The average Bonchev–Trinajstić information content (AvgIpc) is 2.38. The Kier molecular flexibility index (Phi) is 4.85. The van der Waals surface area contributed by atoms with Gasteiger partial charge >= 0.3 is 5.97 Å². The molecule has 1 aromatic carbocycles. The molecule has 0 aliphatic heterocycles. The van der Waals surface area contributed by atoms with Crippen molar-refractivity contribution in [2.75, 3.05) is 0 Å². The van der Waals surface area contributed by atoms with Crippen LogP contribution in [0.1, 0.15) is 25.8 Å². The molecule has 0 fully saturated rings. The van der Waals surface area contributed by atoms with Crippen molar-refractivity contribution in [1.29, 1.82) is 0 Å². The van der Waals surface area contributed by atoms with Crippen LogP contribution in [0.15, 0.2) is 30.3 Å². The number of carbonyl (C=O) groups is 3. The molecule has 0 saturated heterocycles. The first-order chi connectivity index (χ1) is 9.25. The Morgan fingerprint density at radius 2 is 1.80 bits per heavy atom. The molecule has 1 aromatic rings. The van der Waals surface area contributed by atoms with Crippen LogP contribution in [0, 0.1) is 0 Å². The van der Waals surface area contributed by atoms with Gasteiger partial charge in [0.2, 0.25) is 11.8 Å². The SMILES string of the molecule is CC(C)(C(=O)N[C@H](CC(N)=O)C(=O)O)c1ccccc1. The molecular weight excluding hydrogens is 260 g/mol. The molecule has 1 rings (SSSR count). The summed E-state index contributed by atoms with van der Waals surface area (Å²) in [5.74, 6) is -2.55. The number of carboxylic acids is 1. The molecule has 20 heavy (non-hydrogen) atoms. The van der Waals surface area contributed by atoms with E-state index in [2.05, 4.69) is 5.32 Å². The number of amides is 2. The van der Waals surface area contributed by atoms with Crippen LogP contribution < -0.4 is 11.1 Å². The van der Waals surface area contributed by atoms with Gasteiger partial charge in [0.15, 0.2) is 0 Å². The van der Waals surface area contributed by atoms with E-state index in [4.69, 9.17) is 10.8 Å². The molecule has 0 bridgehead atoms. The summed E-state index contributed by atoms with van der Waals surface area (Å²) >= 11 is 0. The number of primary amides is 1. The van der Waals surface area contributed by atoms with Crippen molar-refractivity contribution in [3.8, 4) is 0 Å². The Morgan fingerprint density at radius 3 is 2.25 bits per heavy atom. The van der Waals surface area contributed by atoms with E-state index in [0.717, 1.165) is 5.56 Å². The maximum absolute atomic E-state index is 12.2. The third-order valence-corrected chi connectivity index (χ3v) is 3.07. The summed E-state index contributed by atoms with van der Waals surface area (Å²) in [5, 5.41) is 11.3. The highest BCUT2D eigenvalue weighted by Crippen LogP contribution is 2.23. The highest BCUT2D eigenvalue weighted by Gasteiger charge is 2.33. The van der Waals surface area contributed by atoms with Gasteiger partial charge in [0, 0.05) is 0 Å². The molecule has 0 spiro atoms. The molecule has 2 amide bonds. The predicted octanol–water partition coefficient (Wildman–Crippen LogP) is 0.409. The maximum atomic E-state index is 12.2. The van der Waals surface area contributed by atoms with Crippen LogP contribution in [-0.4, -0.2) is 28.9 Å². The van der Waals surface area contributed by atoms with Crippen LogP contribution in [0.4, 0.5) is 0 Å². The summed E-state index contributed by atoms with van der Waals surface area (Å²) in [7, 11) is 0. The molecule has 0 radical (unpaired) electrons. The van der Waals surface area contributed by atoms with Gasteiger partial charge in [0.1, 0.15) is 6.04 Å². The molecule has 6 nitrogen and oxygen atoms in total. The Morgan fingerprint density at radius 1 is 1.25 bits per heavy atom. The van der Waals surface area contributed by atoms with Crippen molar-refractivity contribution in [2.24, 2.45) is 5.73 Å². The lowest BCUT2D eigenvalue weighted by Crippen LogP contribution is -2.49. The van der Waals surface area contributed by atoms with Gasteiger partial charge in [-0.2, -0.15) is 0 Å². The van der Waals surface area contributed by atoms with Crippen molar-refractivity contribution in [1.82, 2.24) is 5.32 Å². The van der Waals surface area contributed by atoms with Gasteiger partial charge < -0.3 is 16.2 Å². The van der Waals surface area contributed by atoms with Crippen molar-refractivity contribution in [3.63, 3.8) is 0 Å². The molecule has 0 unspecified atom stereocenters. The van der Waals surface area contributed by atoms with Crippen LogP contribution in [0.25, 0.3) is 0 Å². The van der Waals surface area contributed by atoms with Crippen molar-refractivity contribution in [2.45, 2.75) is 31.7 Å². The second kappa shape index (κ2) is 6.18. The Balaban J connectivity index is 2.88. The molecule has 0 aliphatic carbocycles. The number of nitrogens with one attached hydrogen (secondary N) is 1. The molecule has 0 aliphatic rings. The Hall–Kier alpha value is -2.37. The fourth-order valence-corrected chi connectivity index (χ4v) is 1.73. The van der Waals surface area contributed by atoms with E-state index in [-0.39, 0.29) is 0 Å². The number of nitrogens with two attached hydrogens (primary N) is 1. The minimum atomic E-state index is -1.32. The standard InChI is InChI=1S/C14H18N2O4/c1-14(2,9-6-4-3-5-7-9)13(20)16-10(12(18)19)8-11(15)17/h3-7,10H,8H2,1-2H3,(H2,15,17)(H,16,20)(H,18,19)/t10-/m1/s1. The first kappa shape index (κ1) is 15.7.